The van der Waals surface area contributed by atoms with Crippen molar-refractivity contribution in [3.05, 3.63) is 20.5 Å². The SMILES string of the molecule is O=c1c(Br)c(C2CC2)n2n1CCCCC2. The Morgan fingerprint density at radius 3 is 2.40 bits per heavy atom. The monoisotopic (exact) mass is 270 g/mol. The Morgan fingerprint density at radius 2 is 1.73 bits per heavy atom. The number of halogens is 1. The van der Waals surface area contributed by atoms with Crippen LogP contribution in [0.5, 0.6) is 0 Å². The molecule has 0 N–H and O–H groups in total. The third-order valence-electron chi connectivity index (χ3n) is 3.42. The highest BCUT2D eigenvalue weighted by Crippen LogP contribution is 2.42. The molecule has 82 valence electrons. The van der Waals surface area contributed by atoms with Crippen molar-refractivity contribution in [2.45, 2.75) is 51.1 Å². The van der Waals surface area contributed by atoms with E-state index in [9.17, 15) is 4.79 Å². The van der Waals surface area contributed by atoms with Crippen molar-refractivity contribution in [3.8, 4) is 0 Å². The molecule has 0 spiro atoms. The number of rotatable bonds is 1. The first-order chi connectivity index (χ1) is 7.29. The molecule has 3 rings (SSSR count). The summed E-state index contributed by atoms with van der Waals surface area (Å²) in [6, 6.07) is 0. The number of aromatic nitrogens is 2. The van der Waals surface area contributed by atoms with Gasteiger partial charge in [-0.25, -0.2) is 4.68 Å². The van der Waals surface area contributed by atoms with E-state index in [0.29, 0.717) is 5.92 Å². The Kier molecular flexibility index (Phi) is 2.27. The molecule has 1 aliphatic heterocycles. The van der Waals surface area contributed by atoms with Crippen LogP contribution in [-0.2, 0) is 13.1 Å². The van der Waals surface area contributed by atoms with Gasteiger partial charge in [-0.05, 0) is 48.0 Å². The molecule has 1 aliphatic carbocycles. The molecular weight excluding hydrogens is 256 g/mol. The lowest BCUT2D eigenvalue weighted by Gasteiger charge is -2.10. The minimum atomic E-state index is 0.179. The fraction of sp³-hybridized carbons (Fsp3) is 0.727. The zero-order valence-electron chi connectivity index (χ0n) is 8.71. The lowest BCUT2D eigenvalue weighted by Crippen LogP contribution is -2.22. The summed E-state index contributed by atoms with van der Waals surface area (Å²) in [4.78, 5) is 12.0. The molecule has 1 aromatic heterocycles. The largest absolute Gasteiger partial charge is 0.285 e. The highest BCUT2D eigenvalue weighted by atomic mass is 79.9. The Balaban J connectivity index is 2.17. The smallest absolute Gasteiger partial charge is 0.281 e. The molecule has 1 saturated carbocycles. The van der Waals surface area contributed by atoms with E-state index in [1.165, 1.54) is 31.4 Å². The van der Waals surface area contributed by atoms with Crippen molar-refractivity contribution in [3.63, 3.8) is 0 Å². The number of hydrogen-bond donors (Lipinski definition) is 0. The fourth-order valence-corrected chi connectivity index (χ4v) is 3.22. The predicted molar refractivity (Wildman–Crippen MR) is 62.2 cm³/mol. The van der Waals surface area contributed by atoms with Gasteiger partial charge in [0.25, 0.3) is 5.56 Å². The van der Waals surface area contributed by atoms with E-state index in [1.54, 1.807) is 0 Å². The van der Waals surface area contributed by atoms with Crippen LogP contribution in [0.2, 0.25) is 0 Å². The van der Waals surface area contributed by atoms with Gasteiger partial charge in [0.2, 0.25) is 0 Å². The van der Waals surface area contributed by atoms with Gasteiger partial charge in [0.1, 0.15) is 4.47 Å². The molecular formula is C11H15BrN2O. The number of nitrogens with zero attached hydrogens (tertiary/aromatic N) is 2. The average Bonchev–Trinajstić information content (AvgIpc) is 3.01. The number of fused-ring (bicyclic) bond motifs is 1. The highest BCUT2D eigenvalue weighted by Gasteiger charge is 2.32. The lowest BCUT2D eigenvalue weighted by molar-refractivity contribution is 0.461. The summed E-state index contributed by atoms with van der Waals surface area (Å²) < 4.78 is 4.99. The molecule has 0 saturated heterocycles. The molecule has 0 unspecified atom stereocenters. The van der Waals surface area contributed by atoms with E-state index < -0.39 is 0 Å². The van der Waals surface area contributed by atoms with Gasteiger partial charge < -0.3 is 0 Å². The summed E-state index contributed by atoms with van der Waals surface area (Å²) in [6.07, 6.45) is 6.10. The van der Waals surface area contributed by atoms with Crippen LogP contribution in [0.1, 0.15) is 43.7 Å². The summed E-state index contributed by atoms with van der Waals surface area (Å²) in [5.41, 5.74) is 1.45. The van der Waals surface area contributed by atoms with Crippen LogP contribution in [0.3, 0.4) is 0 Å². The maximum atomic E-state index is 12.0. The quantitative estimate of drug-likeness (QED) is 0.770. The summed E-state index contributed by atoms with van der Waals surface area (Å²) in [5.74, 6) is 0.645. The summed E-state index contributed by atoms with van der Waals surface area (Å²) >= 11 is 3.47. The van der Waals surface area contributed by atoms with Crippen molar-refractivity contribution in [1.82, 2.24) is 9.36 Å². The van der Waals surface area contributed by atoms with E-state index in [2.05, 4.69) is 20.6 Å². The lowest BCUT2D eigenvalue weighted by atomic mass is 10.2. The molecule has 0 amide bonds. The van der Waals surface area contributed by atoms with E-state index in [-0.39, 0.29) is 5.56 Å². The first-order valence-corrected chi connectivity index (χ1v) is 6.57. The maximum absolute atomic E-state index is 12.0. The van der Waals surface area contributed by atoms with Crippen molar-refractivity contribution in [2.75, 3.05) is 0 Å². The molecule has 1 fully saturated rings. The highest BCUT2D eigenvalue weighted by molar-refractivity contribution is 9.10. The van der Waals surface area contributed by atoms with Crippen LogP contribution in [0.4, 0.5) is 0 Å². The van der Waals surface area contributed by atoms with E-state index in [4.69, 9.17) is 0 Å². The van der Waals surface area contributed by atoms with Crippen molar-refractivity contribution in [1.29, 1.82) is 0 Å². The zero-order valence-corrected chi connectivity index (χ0v) is 10.3. The van der Waals surface area contributed by atoms with Crippen LogP contribution in [0.15, 0.2) is 9.27 Å². The molecule has 15 heavy (non-hydrogen) atoms. The molecule has 0 bridgehead atoms. The molecule has 3 nitrogen and oxygen atoms in total. The molecule has 4 heteroatoms. The van der Waals surface area contributed by atoms with Gasteiger partial charge in [0, 0.05) is 19.0 Å². The Labute approximate surface area is 97.2 Å². The summed E-state index contributed by atoms with van der Waals surface area (Å²) in [7, 11) is 0. The van der Waals surface area contributed by atoms with Gasteiger partial charge >= 0.3 is 0 Å². The van der Waals surface area contributed by atoms with Gasteiger partial charge in [0.05, 0.1) is 5.69 Å². The first-order valence-electron chi connectivity index (χ1n) is 5.78. The normalized spacial score (nSPS) is 21.1. The molecule has 0 atom stereocenters. The predicted octanol–water partition coefficient (Wildman–Crippen LogP) is 2.47. The van der Waals surface area contributed by atoms with Gasteiger partial charge in [-0.15, -0.1) is 0 Å². The van der Waals surface area contributed by atoms with Crippen molar-refractivity contribution in [2.24, 2.45) is 0 Å². The topological polar surface area (TPSA) is 26.9 Å². The second-order valence-electron chi connectivity index (χ2n) is 4.59. The molecule has 2 heterocycles. The number of hydrogen-bond acceptors (Lipinski definition) is 1. The molecule has 2 aliphatic rings. The third-order valence-corrected chi connectivity index (χ3v) is 4.17. The van der Waals surface area contributed by atoms with Crippen LogP contribution in [0, 0.1) is 0 Å². The standard InChI is InChI=1S/C11H15BrN2O/c12-9-10(8-4-5-8)13-6-2-1-3-7-14(13)11(9)15/h8H,1-7H2. The second kappa shape index (κ2) is 3.51. The van der Waals surface area contributed by atoms with E-state index in [1.807, 2.05) is 4.68 Å². The minimum absolute atomic E-state index is 0.179. The second-order valence-corrected chi connectivity index (χ2v) is 5.38. The van der Waals surface area contributed by atoms with Crippen LogP contribution >= 0.6 is 15.9 Å². The van der Waals surface area contributed by atoms with Gasteiger partial charge in [0.15, 0.2) is 0 Å². The van der Waals surface area contributed by atoms with Gasteiger partial charge in [-0.2, -0.15) is 0 Å². The first kappa shape index (κ1) is 9.70. The maximum Gasteiger partial charge on any atom is 0.281 e. The summed E-state index contributed by atoms with van der Waals surface area (Å²) in [6.45, 7) is 1.91. The molecule has 1 aromatic rings. The Morgan fingerprint density at radius 1 is 1.07 bits per heavy atom. The van der Waals surface area contributed by atoms with Gasteiger partial charge in [-0.3, -0.25) is 9.48 Å². The Bertz CT molecular complexity index is 442. The van der Waals surface area contributed by atoms with E-state index in [0.717, 1.165) is 24.0 Å². The van der Waals surface area contributed by atoms with Crippen LogP contribution in [0.25, 0.3) is 0 Å². The van der Waals surface area contributed by atoms with Gasteiger partial charge in [-0.1, -0.05) is 0 Å². The third kappa shape index (κ3) is 1.50. The molecule has 0 radical (unpaired) electrons. The minimum Gasteiger partial charge on any atom is -0.285 e. The Hall–Kier alpha value is -0.510. The fourth-order valence-electron chi connectivity index (χ4n) is 2.49. The average molecular weight is 271 g/mol. The molecule has 0 aromatic carbocycles. The van der Waals surface area contributed by atoms with Crippen molar-refractivity contribution >= 4 is 15.9 Å². The zero-order chi connectivity index (χ0) is 10.4. The summed E-state index contributed by atoms with van der Waals surface area (Å²) in [5, 5.41) is 0. The van der Waals surface area contributed by atoms with Crippen molar-refractivity contribution < 1.29 is 0 Å². The van der Waals surface area contributed by atoms with Crippen LogP contribution < -0.4 is 5.56 Å². The van der Waals surface area contributed by atoms with Crippen LogP contribution in [-0.4, -0.2) is 9.36 Å². The van der Waals surface area contributed by atoms with E-state index >= 15 is 0 Å².